The lowest BCUT2D eigenvalue weighted by Gasteiger charge is -2.22. The first-order valence-electron chi connectivity index (χ1n) is 6.74. The summed E-state index contributed by atoms with van der Waals surface area (Å²) in [5.41, 5.74) is 1.03. The largest absolute Gasteiger partial charge is 0.442 e. The molecule has 0 unspecified atom stereocenters. The Morgan fingerprint density at radius 2 is 2.09 bits per heavy atom. The normalized spacial score (nSPS) is 11.3. The molecule has 0 aliphatic heterocycles. The third-order valence-electron chi connectivity index (χ3n) is 2.74. The molecule has 3 N–H and O–H groups in total. The first-order valence-corrected chi connectivity index (χ1v) is 7.56. The fourth-order valence-electron chi connectivity index (χ4n) is 1.79. The van der Waals surface area contributed by atoms with E-state index in [2.05, 4.69) is 4.98 Å². The number of rotatable bonds is 3. The lowest BCUT2D eigenvalue weighted by molar-refractivity contribution is 0.0580. The van der Waals surface area contributed by atoms with Gasteiger partial charge in [0.1, 0.15) is 5.60 Å². The molecule has 0 aliphatic carbocycles. The van der Waals surface area contributed by atoms with Gasteiger partial charge in [0.25, 0.3) is 0 Å². The third-order valence-corrected chi connectivity index (χ3v) is 3.77. The van der Waals surface area contributed by atoms with Crippen LogP contribution >= 0.6 is 11.3 Å². The van der Waals surface area contributed by atoms with Crippen molar-refractivity contribution < 1.29 is 14.6 Å². The molecule has 0 spiro atoms. The van der Waals surface area contributed by atoms with Crippen LogP contribution in [0.1, 0.15) is 26.3 Å². The topological polar surface area (TPSA) is 88.7 Å². The minimum Gasteiger partial charge on any atom is -0.442 e. The van der Waals surface area contributed by atoms with Gasteiger partial charge >= 0.3 is 6.09 Å². The van der Waals surface area contributed by atoms with E-state index in [1.807, 2.05) is 24.3 Å². The van der Waals surface area contributed by atoms with Gasteiger partial charge in [0.2, 0.25) is 5.13 Å². The van der Waals surface area contributed by atoms with Crippen molar-refractivity contribution in [2.24, 2.45) is 5.84 Å². The molecule has 0 bridgehead atoms. The number of carbonyl (C=O) groups excluding carboxylic acids is 1. The summed E-state index contributed by atoms with van der Waals surface area (Å²) in [6.45, 7) is 5.23. The van der Waals surface area contributed by atoms with Crippen molar-refractivity contribution in [2.75, 3.05) is 5.01 Å². The standard InChI is InChI=1S/C15H19N3O3S/c1-15(2,3)21-14(20)18(16)13-17-8-12(22-13)11-7-5-4-6-10(11)9-19/h4-8,19H,9,16H2,1-3H3. The monoisotopic (exact) mass is 321 g/mol. The molecule has 0 radical (unpaired) electrons. The van der Waals surface area contributed by atoms with E-state index in [0.29, 0.717) is 5.13 Å². The molecule has 1 heterocycles. The molecule has 0 saturated heterocycles. The highest BCUT2D eigenvalue weighted by atomic mass is 32.1. The van der Waals surface area contributed by atoms with Crippen LogP contribution in [-0.4, -0.2) is 21.8 Å². The second-order valence-corrected chi connectivity index (χ2v) is 6.68. The molecule has 0 fully saturated rings. The minimum absolute atomic E-state index is 0.0676. The summed E-state index contributed by atoms with van der Waals surface area (Å²) < 4.78 is 5.20. The summed E-state index contributed by atoms with van der Waals surface area (Å²) in [6, 6.07) is 7.45. The molecule has 6 nitrogen and oxygen atoms in total. The smallest absolute Gasteiger partial charge is 0.431 e. The number of carbonyl (C=O) groups is 1. The number of hydrogen-bond donors (Lipinski definition) is 2. The number of benzene rings is 1. The van der Waals surface area contributed by atoms with Gasteiger partial charge < -0.3 is 9.84 Å². The summed E-state index contributed by atoms with van der Waals surface area (Å²) in [7, 11) is 0. The van der Waals surface area contributed by atoms with E-state index in [1.54, 1.807) is 27.0 Å². The molecule has 1 aromatic heterocycles. The van der Waals surface area contributed by atoms with Crippen LogP contribution in [0.5, 0.6) is 0 Å². The Kier molecular flexibility index (Phi) is 4.80. The molecule has 0 atom stereocenters. The van der Waals surface area contributed by atoms with Crippen LogP contribution in [0.4, 0.5) is 9.93 Å². The Balaban J connectivity index is 2.23. The molecule has 1 amide bonds. The first-order chi connectivity index (χ1) is 10.3. The van der Waals surface area contributed by atoms with Crippen molar-refractivity contribution in [3.63, 3.8) is 0 Å². The SMILES string of the molecule is CC(C)(C)OC(=O)N(N)c1ncc(-c2ccccc2CO)s1. The zero-order chi connectivity index (χ0) is 16.3. The lowest BCUT2D eigenvalue weighted by Crippen LogP contribution is -2.41. The van der Waals surface area contributed by atoms with E-state index in [1.165, 1.54) is 11.3 Å². The van der Waals surface area contributed by atoms with Crippen molar-refractivity contribution in [1.29, 1.82) is 0 Å². The van der Waals surface area contributed by atoms with Crippen LogP contribution in [0.25, 0.3) is 10.4 Å². The van der Waals surface area contributed by atoms with E-state index in [4.69, 9.17) is 10.6 Å². The zero-order valence-electron chi connectivity index (χ0n) is 12.7. The lowest BCUT2D eigenvalue weighted by atomic mass is 10.1. The van der Waals surface area contributed by atoms with Crippen LogP contribution in [0.3, 0.4) is 0 Å². The maximum absolute atomic E-state index is 11.9. The Bertz CT molecular complexity index is 664. The third kappa shape index (κ3) is 3.82. The number of thiazole rings is 1. The van der Waals surface area contributed by atoms with Crippen molar-refractivity contribution in [3.8, 4) is 10.4 Å². The molecule has 0 saturated carbocycles. The second-order valence-electron chi connectivity index (χ2n) is 5.67. The van der Waals surface area contributed by atoms with Crippen LogP contribution in [0.15, 0.2) is 30.5 Å². The molecule has 7 heteroatoms. The molecule has 2 aromatic rings. The predicted octanol–water partition coefficient (Wildman–Crippen LogP) is 2.92. The average molecular weight is 321 g/mol. The van der Waals surface area contributed by atoms with Gasteiger partial charge in [-0.15, -0.1) is 0 Å². The quantitative estimate of drug-likeness (QED) is 0.515. The van der Waals surface area contributed by atoms with Gasteiger partial charge in [-0.2, -0.15) is 5.01 Å². The molecule has 22 heavy (non-hydrogen) atoms. The summed E-state index contributed by atoms with van der Waals surface area (Å²) in [5.74, 6) is 5.76. The number of nitrogens with zero attached hydrogens (tertiary/aromatic N) is 2. The summed E-state index contributed by atoms with van der Waals surface area (Å²) in [5, 5.41) is 10.6. The van der Waals surface area contributed by atoms with E-state index in [9.17, 15) is 9.90 Å². The van der Waals surface area contributed by atoms with Gasteiger partial charge in [-0.1, -0.05) is 35.6 Å². The minimum atomic E-state index is -0.663. The first kappa shape index (κ1) is 16.4. The summed E-state index contributed by atoms with van der Waals surface area (Å²) in [4.78, 5) is 16.9. The number of aromatic nitrogens is 1. The number of ether oxygens (including phenoxy) is 1. The van der Waals surface area contributed by atoms with Crippen molar-refractivity contribution in [1.82, 2.24) is 4.98 Å². The summed E-state index contributed by atoms with van der Waals surface area (Å²) in [6.07, 6.45) is 0.961. The fraction of sp³-hybridized carbons (Fsp3) is 0.333. The average Bonchev–Trinajstić information content (AvgIpc) is 2.94. The molecule has 1 aromatic carbocycles. The Labute approximate surface area is 133 Å². The van der Waals surface area contributed by atoms with Crippen molar-refractivity contribution in [3.05, 3.63) is 36.0 Å². The molecule has 2 rings (SSSR count). The van der Waals surface area contributed by atoms with Crippen LogP contribution in [-0.2, 0) is 11.3 Å². The number of nitrogens with two attached hydrogens (primary N) is 1. The number of hydrazine groups is 1. The van der Waals surface area contributed by atoms with Gasteiger partial charge in [-0.25, -0.2) is 15.6 Å². The van der Waals surface area contributed by atoms with Crippen LogP contribution < -0.4 is 10.9 Å². The molecule has 0 aliphatic rings. The number of anilines is 1. The molecule has 118 valence electrons. The van der Waals surface area contributed by atoms with Gasteiger partial charge in [0.05, 0.1) is 11.5 Å². The number of aliphatic hydroxyl groups is 1. The maximum atomic E-state index is 11.9. The highest BCUT2D eigenvalue weighted by Gasteiger charge is 2.23. The van der Waals surface area contributed by atoms with Crippen molar-refractivity contribution in [2.45, 2.75) is 33.0 Å². The van der Waals surface area contributed by atoms with E-state index in [-0.39, 0.29) is 6.61 Å². The molecular formula is C15H19N3O3S. The van der Waals surface area contributed by atoms with Gasteiger partial charge in [0, 0.05) is 6.20 Å². The number of amides is 1. The Morgan fingerprint density at radius 3 is 2.73 bits per heavy atom. The maximum Gasteiger partial charge on any atom is 0.431 e. The van der Waals surface area contributed by atoms with E-state index in [0.717, 1.165) is 21.0 Å². The fourth-order valence-corrected chi connectivity index (χ4v) is 2.68. The Hall–Kier alpha value is -1.96. The second kappa shape index (κ2) is 6.43. The Morgan fingerprint density at radius 1 is 1.41 bits per heavy atom. The van der Waals surface area contributed by atoms with Crippen LogP contribution in [0, 0.1) is 0 Å². The van der Waals surface area contributed by atoms with Gasteiger partial charge in [-0.3, -0.25) is 0 Å². The van der Waals surface area contributed by atoms with Crippen molar-refractivity contribution >= 4 is 22.6 Å². The van der Waals surface area contributed by atoms with Crippen LogP contribution in [0.2, 0.25) is 0 Å². The number of hydrogen-bond acceptors (Lipinski definition) is 6. The summed E-state index contributed by atoms with van der Waals surface area (Å²) >= 11 is 1.26. The van der Waals surface area contributed by atoms with Gasteiger partial charge in [-0.05, 0) is 31.9 Å². The molecular weight excluding hydrogens is 302 g/mol. The van der Waals surface area contributed by atoms with Gasteiger partial charge in [0.15, 0.2) is 0 Å². The predicted molar refractivity (Wildman–Crippen MR) is 86.4 cm³/mol. The number of aliphatic hydroxyl groups excluding tert-OH is 1. The van der Waals surface area contributed by atoms with E-state index < -0.39 is 11.7 Å². The highest BCUT2D eigenvalue weighted by Crippen LogP contribution is 2.32. The highest BCUT2D eigenvalue weighted by molar-refractivity contribution is 7.19. The van der Waals surface area contributed by atoms with E-state index >= 15 is 0 Å². The zero-order valence-corrected chi connectivity index (χ0v) is 13.6.